The number of benzene rings is 1. The fraction of sp³-hybridized carbons (Fsp3) is 0.364. The molecule has 0 fully saturated rings. The number of halogens is 1. The lowest BCUT2D eigenvalue weighted by Crippen LogP contribution is -2.33. The van der Waals surface area contributed by atoms with Crippen LogP contribution < -0.4 is 5.73 Å². The Hall–Kier alpha value is -0.780. The van der Waals surface area contributed by atoms with Crippen molar-refractivity contribution in [2.24, 2.45) is 5.73 Å². The van der Waals surface area contributed by atoms with Crippen molar-refractivity contribution in [2.75, 3.05) is 0 Å². The molecule has 0 aliphatic rings. The molecule has 15 heavy (non-hydrogen) atoms. The van der Waals surface area contributed by atoms with Crippen LogP contribution in [0, 0.1) is 3.57 Å². The Morgan fingerprint density at radius 2 is 2.20 bits per heavy atom. The first-order valence-corrected chi connectivity index (χ1v) is 5.70. The number of hydrogen-bond acceptors (Lipinski definition) is 2. The Morgan fingerprint density at radius 3 is 2.73 bits per heavy atom. The zero-order chi connectivity index (χ0) is 11.5. The maximum atomic E-state index is 10.7. The van der Waals surface area contributed by atoms with Crippen molar-refractivity contribution < 1.29 is 9.53 Å². The summed E-state index contributed by atoms with van der Waals surface area (Å²) in [4.78, 5) is 10.7. The van der Waals surface area contributed by atoms with Gasteiger partial charge < -0.3 is 10.5 Å². The molecule has 0 aromatic heterocycles. The molecular formula is C11H14INO2. The average Bonchev–Trinajstić information content (AvgIpc) is 1.99. The molecule has 0 radical (unpaired) electrons. The van der Waals surface area contributed by atoms with Crippen molar-refractivity contribution in [3.05, 3.63) is 33.4 Å². The van der Waals surface area contributed by atoms with Crippen LogP contribution in [0.3, 0.4) is 0 Å². The van der Waals surface area contributed by atoms with Gasteiger partial charge >= 0.3 is 6.09 Å². The Kier molecular flexibility index (Phi) is 3.96. The van der Waals surface area contributed by atoms with E-state index in [1.54, 1.807) is 0 Å². The molecule has 1 amide bonds. The predicted molar refractivity (Wildman–Crippen MR) is 67.6 cm³/mol. The molecule has 0 unspecified atom stereocenters. The summed E-state index contributed by atoms with van der Waals surface area (Å²) in [6.45, 7) is 3.69. The molecular weight excluding hydrogens is 305 g/mol. The van der Waals surface area contributed by atoms with Gasteiger partial charge in [0.1, 0.15) is 5.60 Å². The minimum atomic E-state index is -0.731. The smallest absolute Gasteiger partial charge is 0.405 e. The van der Waals surface area contributed by atoms with E-state index in [-0.39, 0.29) is 0 Å². The number of carbonyl (C=O) groups is 1. The lowest BCUT2D eigenvalue weighted by molar-refractivity contribution is 0.0460. The Labute approximate surface area is 103 Å². The quantitative estimate of drug-likeness (QED) is 0.871. The van der Waals surface area contributed by atoms with Crippen LogP contribution in [0.2, 0.25) is 0 Å². The second-order valence-corrected chi connectivity index (χ2v) is 5.23. The van der Waals surface area contributed by atoms with E-state index in [2.05, 4.69) is 28.7 Å². The maximum absolute atomic E-state index is 10.7. The highest BCUT2D eigenvalue weighted by molar-refractivity contribution is 14.1. The van der Waals surface area contributed by atoms with Crippen LogP contribution in [0.5, 0.6) is 0 Å². The first-order chi connectivity index (χ1) is 6.89. The predicted octanol–water partition coefficient (Wildman–Crippen LogP) is 2.71. The van der Waals surface area contributed by atoms with E-state index in [4.69, 9.17) is 10.5 Å². The fourth-order valence-corrected chi connectivity index (χ4v) is 2.05. The third kappa shape index (κ3) is 4.51. The minimum absolute atomic E-state index is 0.559. The third-order valence-electron chi connectivity index (χ3n) is 1.90. The molecule has 82 valence electrons. The molecule has 0 saturated heterocycles. The largest absolute Gasteiger partial charge is 0.443 e. The molecule has 1 aromatic carbocycles. The number of carbonyl (C=O) groups excluding carboxylic acids is 1. The van der Waals surface area contributed by atoms with E-state index in [1.807, 2.05) is 32.0 Å². The Balaban J connectivity index is 2.72. The summed E-state index contributed by atoms with van der Waals surface area (Å²) < 4.78 is 6.18. The highest BCUT2D eigenvalue weighted by Crippen LogP contribution is 2.18. The zero-order valence-electron chi connectivity index (χ0n) is 8.79. The van der Waals surface area contributed by atoms with Crippen LogP contribution in [0.15, 0.2) is 24.3 Å². The standard InChI is InChI=1S/C11H14INO2/c1-11(2,15-10(13)14)7-8-4-3-5-9(12)6-8/h3-6H,7H2,1-2H3,(H2,13,14). The van der Waals surface area contributed by atoms with Crippen molar-refractivity contribution in [1.29, 1.82) is 0 Å². The van der Waals surface area contributed by atoms with Gasteiger partial charge in [-0.15, -0.1) is 0 Å². The number of primary amides is 1. The van der Waals surface area contributed by atoms with Crippen molar-refractivity contribution in [3.63, 3.8) is 0 Å². The molecule has 1 rings (SSSR count). The lowest BCUT2D eigenvalue weighted by Gasteiger charge is -2.24. The molecule has 2 N–H and O–H groups in total. The van der Waals surface area contributed by atoms with Gasteiger partial charge in [-0.05, 0) is 54.1 Å². The Morgan fingerprint density at radius 1 is 1.53 bits per heavy atom. The van der Waals surface area contributed by atoms with Crippen molar-refractivity contribution in [2.45, 2.75) is 25.9 Å². The molecule has 4 heteroatoms. The fourth-order valence-electron chi connectivity index (χ4n) is 1.45. The van der Waals surface area contributed by atoms with E-state index in [1.165, 1.54) is 3.57 Å². The van der Waals surface area contributed by atoms with Gasteiger partial charge in [0.25, 0.3) is 0 Å². The summed E-state index contributed by atoms with van der Waals surface area (Å²) in [6, 6.07) is 8.07. The minimum Gasteiger partial charge on any atom is -0.443 e. The molecule has 0 saturated carbocycles. The number of nitrogens with two attached hydrogens (primary N) is 1. The highest BCUT2D eigenvalue weighted by atomic mass is 127. The van der Waals surface area contributed by atoms with E-state index in [0.717, 1.165) is 5.56 Å². The molecule has 0 heterocycles. The molecule has 0 aliphatic heterocycles. The summed E-state index contributed by atoms with van der Waals surface area (Å²) >= 11 is 2.25. The molecule has 3 nitrogen and oxygen atoms in total. The lowest BCUT2D eigenvalue weighted by atomic mass is 9.98. The summed E-state index contributed by atoms with van der Waals surface area (Å²) in [6.07, 6.45) is -0.0714. The van der Waals surface area contributed by atoms with Crippen molar-refractivity contribution in [3.8, 4) is 0 Å². The van der Waals surface area contributed by atoms with Crippen molar-refractivity contribution >= 4 is 28.7 Å². The summed E-state index contributed by atoms with van der Waals surface area (Å²) in [5.74, 6) is 0. The highest BCUT2D eigenvalue weighted by Gasteiger charge is 2.22. The van der Waals surface area contributed by atoms with Crippen molar-refractivity contribution in [1.82, 2.24) is 0 Å². The number of hydrogen-bond donors (Lipinski definition) is 1. The number of rotatable bonds is 3. The van der Waals surface area contributed by atoms with E-state index < -0.39 is 11.7 Å². The SMILES string of the molecule is CC(C)(Cc1cccc(I)c1)OC(N)=O. The topological polar surface area (TPSA) is 52.3 Å². The average molecular weight is 319 g/mol. The van der Waals surface area contributed by atoms with Gasteiger partial charge in [-0.1, -0.05) is 12.1 Å². The first-order valence-electron chi connectivity index (χ1n) is 4.62. The molecule has 0 bridgehead atoms. The van der Waals surface area contributed by atoms with Gasteiger partial charge in [0.15, 0.2) is 0 Å². The number of amides is 1. The third-order valence-corrected chi connectivity index (χ3v) is 2.57. The number of ether oxygens (including phenoxy) is 1. The monoisotopic (exact) mass is 319 g/mol. The van der Waals surface area contributed by atoms with Crippen LogP contribution in [0.1, 0.15) is 19.4 Å². The molecule has 0 spiro atoms. The van der Waals surface area contributed by atoms with Gasteiger partial charge in [0.05, 0.1) is 0 Å². The van der Waals surface area contributed by atoms with Crippen LogP contribution in [-0.2, 0) is 11.2 Å². The van der Waals surface area contributed by atoms with E-state index in [9.17, 15) is 4.79 Å². The second-order valence-electron chi connectivity index (χ2n) is 3.99. The summed E-state index contributed by atoms with van der Waals surface area (Å²) in [7, 11) is 0. The first kappa shape index (κ1) is 12.3. The van der Waals surface area contributed by atoms with Gasteiger partial charge in [0, 0.05) is 9.99 Å². The molecule has 0 aliphatic carbocycles. The van der Waals surface area contributed by atoms with Gasteiger partial charge in [0.2, 0.25) is 0 Å². The summed E-state index contributed by atoms with van der Waals surface area (Å²) in [5, 5.41) is 0. The molecule has 1 aromatic rings. The second kappa shape index (κ2) is 4.83. The van der Waals surface area contributed by atoms with Crippen LogP contribution in [0.25, 0.3) is 0 Å². The van der Waals surface area contributed by atoms with Gasteiger partial charge in [-0.25, -0.2) is 4.79 Å². The zero-order valence-corrected chi connectivity index (χ0v) is 10.9. The summed E-state index contributed by atoms with van der Waals surface area (Å²) in [5.41, 5.74) is 5.57. The normalized spacial score (nSPS) is 11.1. The van der Waals surface area contributed by atoms with E-state index >= 15 is 0 Å². The van der Waals surface area contributed by atoms with Gasteiger partial charge in [-0.3, -0.25) is 0 Å². The van der Waals surface area contributed by atoms with Crippen LogP contribution in [0.4, 0.5) is 4.79 Å². The van der Waals surface area contributed by atoms with Crippen LogP contribution in [-0.4, -0.2) is 11.7 Å². The van der Waals surface area contributed by atoms with Gasteiger partial charge in [-0.2, -0.15) is 0 Å². The van der Waals surface area contributed by atoms with Crippen LogP contribution >= 0.6 is 22.6 Å². The van der Waals surface area contributed by atoms with E-state index in [0.29, 0.717) is 6.42 Å². The maximum Gasteiger partial charge on any atom is 0.405 e. The molecule has 0 atom stereocenters. The Bertz CT molecular complexity index is 363.